The Balaban J connectivity index is 1.86. The number of nitrogens with zero attached hydrogens (tertiary/aromatic N) is 2. The average Bonchev–Trinajstić information content (AvgIpc) is 3.11. The van der Waals surface area contributed by atoms with Gasteiger partial charge in [0, 0.05) is 48.0 Å². The van der Waals surface area contributed by atoms with Gasteiger partial charge in [-0.05, 0) is 12.5 Å². The maximum absolute atomic E-state index is 11.7. The van der Waals surface area contributed by atoms with Crippen molar-refractivity contribution in [1.29, 1.82) is 0 Å². The van der Waals surface area contributed by atoms with E-state index in [1.807, 2.05) is 44.4 Å². The zero-order valence-electron chi connectivity index (χ0n) is 13.2. The molecule has 3 rings (SSSR count). The lowest BCUT2D eigenvalue weighted by molar-refractivity contribution is -0.139. The third kappa shape index (κ3) is 2.98. The van der Waals surface area contributed by atoms with Gasteiger partial charge in [-0.3, -0.25) is 14.8 Å². The Morgan fingerprint density at radius 2 is 2.22 bits per heavy atom. The number of nitrogens with one attached hydrogen (secondary N) is 2. The summed E-state index contributed by atoms with van der Waals surface area (Å²) in [5.41, 5.74) is 3.70. The highest BCUT2D eigenvalue weighted by Crippen LogP contribution is 2.24. The summed E-state index contributed by atoms with van der Waals surface area (Å²) in [5, 5.41) is 18.1. The summed E-state index contributed by atoms with van der Waals surface area (Å²) in [6, 6.07) is 6.94. The highest BCUT2D eigenvalue weighted by Gasteiger charge is 2.23. The van der Waals surface area contributed by atoms with Crippen LogP contribution in [-0.4, -0.2) is 25.8 Å². The molecule has 120 valence electrons. The molecule has 2 aromatic heterocycles. The Bertz CT molecular complexity index is 834. The molecule has 0 saturated carbocycles. The molecule has 0 bridgehead atoms. The van der Waals surface area contributed by atoms with Crippen molar-refractivity contribution in [1.82, 2.24) is 20.1 Å². The number of aryl methyl sites for hydroxylation is 2. The topological polar surface area (TPSA) is 82.9 Å². The number of H-pyrrole nitrogens is 1. The van der Waals surface area contributed by atoms with Crippen molar-refractivity contribution < 1.29 is 9.90 Å². The quantitative estimate of drug-likeness (QED) is 0.652. The van der Waals surface area contributed by atoms with Crippen LogP contribution in [0.5, 0.6) is 0 Å². The van der Waals surface area contributed by atoms with Crippen molar-refractivity contribution in [2.24, 2.45) is 7.05 Å². The van der Waals surface area contributed by atoms with E-state index < -0.39 is 12.0 Å². The van der Waals surface area contributed by atoms with Crippen molar-refractivity contribution in [2.75, 3.05) is 0 Å². The number of benzene rings is 1. The van der Waals surface area contributed by atoms with Crippen LogP contribution in [0.4, 0.5) is 0 Å². The minimum Gasteiger partial charge on any atom is -0.480 e. The van der Waals surface area contributed by atoms with Crippen molar-refractivity contribution in [3.05, 3.63) is 53.5 Å². The van der Waals surface area contributed by atoms with Gasteiger partial charge in [-0.2, -0.15) is 5.10 Å². The van der Waals surface area contributed by atoms with Crippen LogP contribution < -0.4 is 5.32 Å². The van der Waals surface area contributed by atoms with E-state index in [0.29, 0.717) is 6.54 Å². The fraction of sp³-hybridized carbons (Fsp3) is 0.294. The molecule has 23 heavy (non-hydrogen) atoms. The number of aromatic amines is 1. The van der Waals surface area contributed by atoms with Gasteiger partial charge in [-0.1, -0.05) is 25.1 Å². The lowest BCUT2D eigenvalue weighted by Crippen LogP contribution is -2.28. The molecule has 0 amide bonds. The van der Waals surface area contributed by atoms with E-state index in [1.165, 1.54) is 0 Å². The van der Waals surface area contributed by atoms with Gasteiger partial charge in [-0.15, -0.1) is 0 Å². The fourth-order valence-electron chi connectivity index (χ4n) is 2.90. The van der Waals surface area contributed by atoms with Gasteiger partial charge in [-0.25, -0.2) is 0 Å². The molecule has 2 heterocycles. The molecule has 1 atom stereocenters. The Kier molecular flexibility index (Phi) is 4.16. The van der Waals surface area contributed by atoms with Crippen LogP contribution in [0.2, 0.25) is 0 Å². The number of carboxylic acid groups (broad SMARTS) is 1. The molecule has 3 aromatic rings. The number of fused-ring (bicyclic) bond motifs is 1. The minimum absolute atomic E-state index is 0.466. The van der Waals surface area contributed by atoms with Crippen LogP contribution in [0.3, 0.4) is 0 Å². The van der Waals surface area contributed by atoms with Gasteiger partial charge < -0.3 is 10.1 Å². The van der Waals surface area contributed by atoms with Gasteiger partial charge >= 0.3 is 5.97 Å². The number of aromatic nitrogens is 3. The van der Waals surface area contributed by atoms with E-state index in [0.717, 1.165) is 34.1 Å². The molecule has 1 aromatic carbocycles. The van der Waals surface area contributed by atoms with Gasteiger partial charge in [0.25, 0.3) is 0 Å². The number of hydrogen-bond acceptors (Lipinski definition) is 3. The second-order valence-corrected chi connectivity index (χ2v) is 5.57. The standard InChI is InChI=1S/C17H20N4O2/c1-3-14-11(10-21(2)20-14)8-19-16(17(22)23)13-9-18-15-7-5-4-6-12(13)15/h4-7,9-10,16,18-19H,3,8H2,1-2H3,(H,22,23). The lowest BCUT2D eigenvalue weighted by atomic mass is 10.1. The first kappa shape index (κ1) is 15.3. The van der Waals surface area contributed by atoms with Gasteiger partial charge in [0.1, 0.15) is 6.04 Å². The van der Waals surface area contributed by atoms with Gasteiger partial charge in [0.15, 0.2) is 0 Å². The second-order valence-electron chi connectivity index (χ2n) is 5.57. The molecule has 0 aliphatic carbocycles. The minimum atomic E-state index is -0.892. The zero-order valence-corrected chi connectivity index (χ0v) is 13.2. The molecule has 6 heteroatoms. The third-order valence-electron chi connectivity index (χ3n) is 4.00. The number of rotatable bonds is 6. The monoisotopic (exact) mass is 312 g/mol. The van der Waals surface area contributed by atoms with Gasteiger partial charge in [0.2, 0.25) is 0 Å². The Labute approximate surface area is 134 Å². The van der Waals surface area contributed by atoms with Crippen LogP contribution in [0.15, 0.2) is 36.7 Å². The van der Waals surface area contributed by atoms with Crippen molar-refractivity contribution in [3.63, 3.8) is 0 Å². The highest BCUT2D eigenvalue weighted by atomic mass is 16.4. The predicted molar refractivity (Wildman–Crippen MR) is 88.1 cm³/mol. The van der Waals surface area contributed by atoms with Crippen molar-refractivity contribution in [2.45, 2.75) is 25.9 Å². The molecule has 0 aliphatic heterocycles. The number of carbonyl (C=O) groups is 1. The molecule has 6 nitrogen and oxygen atoms in total. The second kappa shape index (κ2) is 6.26. The smallest absolute Gasteiger partial charge is 0.325 e. The van der Waals surface area contributed by atoms with E-state index in [1.54, 1.807) is 10.9 Å². The SMILES string of the molecule is CCc1nn(C)cc1CNC(C(=O)O)c1c[nH]c2ccccc12. The molecule has 3 N–H and O–H groups in total. The molecular weight excluding hydrogens is 292 g/mol. The summed E-state index contributed by atoms with van der Waals surface area (Å²) in [7, 11) is 1.87. The Morgan fingerprint density at radius 1 is 1.43 bits per heavy atom. The molecular formula is C17H20N4O2. The van der Waals surface area contributed by atoms with Gasteiger partial charge in [0.05, 0.1) is 5.69 Å². The molecule has 0 radical (unpaired) electrons. The first-order chi connectivity index (χ1) is 11.1. The van der Waals surface area contributed by atoms with E-state index >= 15 is 0 Å². The van der Waals surface area contributed by atoms with Crippen LogP contribution in [0.25, 0.3) is 10.9 Å². The number of hydrogen-bond donors (Lipinski definition) is 3. The zero-order chi connectivity index (χ0) is 16.4. The summed E-state index contributed by atoms with van der Waals surface area (Å²) >= 11 is 0. The van der Waals surface area contributed by atoms with Crippen LogP contribution in [0, 0.1) is 0 Å². The highest BCUT2D eigenvalue weighted by molar-refractivity contribution is 5.89. The van der Waals surface area contributed by atoms with E-state index in [4.69, 9.17) is 0 Å². The molecule has 1 unspecified atom stereocenters. The first-order valence-electron chi connectivity index (χ1n) is 7.63. The maximum Gasteiger partial charge on any atom is 0.325 e. The maximum atomic E-state index is 11.7. The first-order valence-corrected chi connectivity index (χ1v) is 7.63. The number of para-hydroxylation sites is 1. The van der Waals surface area contributed by atoms with E-state index in [-0.39, 0.29) is 0 Å². The molecule has 0 fully saturated rings. The fourth-order valence-corrected chi connectivity index (χ4v) is 2.90. The van der Waals surface area contributed by atoms with E-state index in [9.17, 15) is 9.90 Å². The van der Waals surface area contributed by atoms with Crippen LogP contribution in [-0.2, 0) is 24.8 Å². The average molecular weight is 312 g/mol. The molecule has 0 saturated heterocycles. The molecule has 0 aliphatic rings. The number of carboxylic acids is 1. The summed E-state index contributed by atoms with van der Waals surface area (Å²) in [6.07, 6.45) is 4.52. The largest absolute Gasteiger partial charge is 0.480 e. The predicted octanol–water partition coefficient (Wildman–Crippen LogP) is 2.38. The molecule has 0 spiro atoms. The summed E-state index contributed by atoms with van der Waals surface area (Å²) in [6.45, 7) is 2.51. The van der Waals surface area contributed by atoms with E-state index in [2.05, 4.69) is 15.4 Å². The third-order valence-corrected chi connectivity index (χ3v) is 4.00. The van der Waals surface area contributed by atoms with Crippen molar-refractivity contribution >= 4 is 16.9 Å². The lowest BCUT2D eigenvalue weighted by Gasteiger charge is -2.14. The van der Waals surface area contributed by atoms with Crippen LogP contribution in [0.1, 0.15) is 29.8 Å². The van der Waals surface area contributed by atoms with Crippen molar-refractivity contribution in [3.8, 4) is 0 Å². The Hall–Kier alpha value is -2.60. The summed E-state index contributed by atoms with van der Waals surface area (Å²) < 4.78 is 1.76. The van der Waals surface area contributed by atoms with Crippen LogP contribution >= 0.6 is 0 Å². The summed E-state index contributed by atoms with van der Waals surface area (Å²) in [5.74, 6) is -0.892. The number of aliphatic carboxylic acids is 1. The Morgan fingerprint density at radius 3 is 2.96 bits per heavy atom. The summed E-state index contributed by atoms with van der Waals surface area (Å²) in [4.78, 5) is 14.9. The normalized spacial score (nSPS) is 12.6.